The van der Waals surface area contributed by atoms with Gasteiger partial charge in [-0.3, -0.25) is 0 Å². The molecule has 0 spiro atoms. The second-order valence-corrected chi connectivity index (χ2v) is 6.21. The average molecular weight is 328 g/mol. The molecule has 2 atom stereocenters. The Bertz CT molecular complexity index is 654. The van der Waals surface area contributed by atoms with Gasteiger partial charge in [-0.05, 0) is 37.5 Å². The highest BCUT2D eigenvalue weighted by atomic mass is 16.5. The molecule has 0 radical (unpaired) electrons. The molecule has 1 N–H and O–H groups in total. The van der Waals surface area contributed by atoms with Crippen LogP contribution in [0.3, 0.4) is 0 Å². The van der Waals surface area contributed by atoms with Crippen LogP contribution < -0.4 is 5.32 Å². The number of hydrogen-bond acceptors (Lipinski definition) is 4. The summed E-state index contributed by atoms with van der Waals surface area (Å²) in [7, 11) is 1.43. The SMILES string of the molecule is COC(=O)N1CCC[C@@H](N[C@H](C)c2ccc(-n3ccnc3)cc2)C1. The fourth-order valence-electron chi connectivity index (χ4n) is 3.20. The number of amides is 1. The van der Waals surface area contributed by atoms with Crippen molar-refractivity contribution in [2.24, 2.45) is 0 Å². The normalized spacial score (nSPS) is 19.1. The van der Waals surface area contributed by atoms with Gasteiger partial charge < -0.3 is 19.5 Å². The van der Waals surface area contributed by atoms with Crippen LogP contribution in [0.4, 0.5) is 4.79 Å². The summed E-state index contributed by atoms with van der Waals surface area (Å²) in [5, 5.41) is 3.63. The minimum Gasteiger partial charge on any atom is -0.453 e. The van der Waals surface area contributed by atoms with Gasteiger partial charge >= 0.3 is 6.09 Å². The van der Waals surface area contributed by atoms with E-state index in [1.165, 1.54) is 12.7 Å². The summed E-state index contributed by atoms with van der Waals surface area (Å²) >= 11 is 0. The smallest absolute Gasteiger partial charge is 0.409 e. The summed E-state index contributed by atoms with van der Waals surface area (Å²) in [6.07, 6.45) is 7.33. The summed E-state index contributed by atoms with van der Waals surface area (Å²) in [6.45, 7) is 3.63. The molecule has 3 rings (SSSR count). The van der Waals surface area contributed by atoms with E-state index < -0.39 is 0 Å². The third kappa shape index (κ3) is 3.76. The first-order valence-corrected chi connectivity index (χ1v) is 8.34. The molecule has 2 aromatic rings. The molecule has 1 aliphatic heterocycles. The molecule has 0 unspecified atom stereocenters. The maximum atomic E-state index is 11.7. The summed E-state index contributed by atoms with van der Waals surface area (Å²) in [5.74, 6) is 0. The number of imidazole rings is 1. The topological polar surface area (TPSA) is 59.4 Å². The van der Waals surface area contributed by atoms with Crippen LogP contribution in [0.1, 0.15) is 31.4 Å². The Labute approximate surface area is 142 Å². The lowest BCUT2D eigenvalue weighted by molar-refractivity contribution is 0.106. The fourth-order valence-corrected chi connectivity index (χ4v) is 3.20. The van der Waals surface area contributed by atoms with Gasteiger partial charge in [-0.2, -0.15) is 0 Å². The molecular weight excluding hydrogens is 304 g/mol. The highest BCUT2D eigenvalue weighted by Gasteiger charge is 2.25. The molecule has 6 heteroatoms. The number of aromatic nitrogens is 2. The van der Waals surface area contributed by atoms with Gasteiger partial charge in [0.15, 0.2) is 0 Å². The number of piperidine rings is 1. The highest BCUT2D eigenvalue weighted by Crippen LogP contribution is 2.19. The van der Waals surface area contributed by atoms with Gasteiger partial charge in [0.2, 0.25) is 0 Å². The number of carbonyl (C=O) groups is 1. The summed E-state index contributed by atoms with van der Waals surface area (Å²) < 4.78 is 6.81. The van der Waals surface area contributed by atoms with E-state index in [0.29, 0.717) is 12.6 Å². The van der Waals surface area contributed by atoms with Crippen molar-refractivity contribution < 1.29 is 9.53 Å². The maximum absolute atomic E-state index is 11.7. The first-order chi connectivity index (χ1) is 11.7. The Hall–Kier alpha value is -2.34. The minimum atomic E-state index is -0.237. The maximum Gasteiger partial charge on any atom is 0.409 e. The minimum absolute atomic E-state index is 0.226. The van der Waals surface area contributed by atoms with Crippen molar-refractivity contribution in [2.45, 2.75) is 31.8 Å². The predicted molar refractivity (Wildman–Crippen MR) is 92.1 cm³/mol. The van der Waals surface area contributed by atoms with Gasteiger partial charge in [-0.1, -0.05) is 12.1 Å². The van der Waals surface area contributed by atoms with Gasteiger partial charge in [-0.15, -0.1) is 0 Å². The van der Waals surface area contributed by atoms with Crippen LogP contribution in [0.15, 0.2) is 43.0 Å². The molecule has 1 saturated heterocycles. The van der Waals surface area contributed by atoms with E-state index in [1.807, 2.05) is 10.8 Å². The molecule has 6 nitrogen and oxygen atoms in total. The lowest BCUT2D eigenvalue weighted by atomic mass is 10.0. The van der Waals surface area contributed by atoms with Crippen LogP contribution in [0.2, 0.25) is 0 Å². The molecule has 1 aliphatic rings. The lowest BCUT2D eigenvalue weighted by Gasteiger charge is -2.34. The van der Waals surface area contributed by atoms with Gasteiger partial charge in [0.1, 0.15) is 0 Å². The van der Waals surface area contributed by atoms with Gasteiger partial charge in [0, 0.05) is 43.3 Å². The monoisotopic (exact) mass is 328 g/mol. The molecule has 1 aromatic heterocycles. The summed E-state index contributed by atoms with van der Waals surface area (Å²) in [6, 6.07) is 8.97. The zero-order valence-electron chi connectivity index (χ0n) is 14.2. The molecule has 1 amide bonds. The van der Waals surface area contributed by atoms with E-state index in [0.717, 1.165) is 25.1 Å². The van der Waals surface area contributed by atoms with Crippen molar-refractivity contribution in [1.82, 2.24) is 19.8 Å². The molecule has 24 heavy (non-hydrogen) atoms. The standard InChI is InChI=1S/C18H24N4O2/c1-14(20-16-4-3-10-21(12-16)18(23)24-2)15-5-7-17(8-6-15)22-11-9-19-13-22/h5-9,11,13-14,16,20H,3-4,10,12H2,1-2H3/t14-,16-/m1/s1. The zero-order valence-corrected chi connectivity index (χ0v) is 14.2. The number of carbonyl (C=O) groups excluding carboxylic acids is 1. The van der Waals surface area contributed by atoms with E-state index in [9.17, 15) is 4.79 Å². The van der Waals surface area contributed by atoms with Crippen LogP contribution in [-0.4, -0.2) is 46.8 Å². The van der Waals surface area contributed by atoms with Crippen molar-refractivity contribution in [3.63, 3.8) is 0 Å². The molecule has 1 aromatic carbocycles. The third-order valence-electron chi connectivity index (χ3n) is 4.54. The van der Waals surface area contributed by atoms with Gasteiger partial charge in [-0.25, -0.2) is 9.78 Å². The highest BCUT2D eigenvalue weighted by molar-refractivity contribution is 5.67. The number of ether oxygens (including phenoxy) is 1. The summed E-state index contributed by atoms with van der Waals surface area (Å²) in [5.41, 5.74) is 2.33. The van der Waals surface area contributed by atoms with E-state index in [1.54, 1.807) is 17.4 Å². The van der Waals surface area contributed by atoms with Gasteiger partial charge in [0.05, 0.1) is 13.4 Å². The largest absolute Gasteiger partial charge is 0.453 e. The quantitative estimate of drug-likeness (QED) is 0.937. The molecular formula is C18H24N4O2. The van der Waals surface area contributed by atoms with E-state index in [4.69, 9.17) is 4.74 Å². The Morgan fingerprint density at radius 2 is 2.17 bits per heavy atom. The molecule has 128 valence electrons. The number of nitrogens with zero attached hydrogens (tertiary/aromatic N) is 3. The summed E-state index contributed by atoms with van der Waals surface area (Å²) in [4.78, 5) is 17.5. The fraction of sp³-hybridized carbons (Fsp3) is 0.444. The van der Waals surface area contributed by atoms with E-state index in [2.05, 4.69) is 41.5 Å². The predicted octanol–water partition coefficient (Wildman–Crippen LogP) is 2.75. The second-order valence-electron chi connectivity index (χ2n) is 6.21. The van der Waals surface area contributed by atoms with Crippen LogP contribution in [-0.2, 0) is 4.74 Å². The number of benzene rings is 1. The lowest BCUT2D eigenvalue weighted by Crippen LogP contribution is -2.48. The Morgan fingerprint density at radius 3 is 2.83 bits per heavy atom. The van der Waals surface area contributed by atoms with Crippen molar-refractivity contribution in [1.29, 1.82) is 0 Å². The Balaban J connectivity index is 1.60. The molecule has 0 saturated carbocycles. The average Bonchev–Trinajstić information content (AvgIpc) is 3.16. The van der Waals surface area contributed by atoms with Crippen LogP contribution in [0.25, 0.3) is 5.69 Å². The Morgan fingerprint density at radius 1 is 1.38 bits per heavy atom. The molecule has 0 bridgehead atoms. The second kappa shape index (κ2) is 7.49. The first-order valence-electron chi connectivity index (χ1n) is 8.34. The van der Waals surface area contributed by atoms with Crippen molar-refractivity contribution in [3.8, 4) is 5.69 Å². The number of rotatable bonds is 4. The van der Waals surface area contributed by atoms with Crippen LogP contribution in [0.5, 0.6) is 0 Å². The zero-order chi connectivity index (χ0) is 16.9. The number of hydrogen-bond donors (Lipinski definition) is 1. The van der Waals surface area contributed by atoms with Crippen LogP contribution in [0, 0.1) is 0 Å². The van der Waals surface area contributed by atoms with Gasteiger partial charge in [0.25, 0.3) is 0 Å². The number of methoxy groups -OCH3 is 1. The van der Waals surface area contributed by atoms with Crippen LogP contribution >= 0.6 is 0 Å². The van der Waals surface area contributed by atoms with Crippen molar-refractivity contribution in [2.75, 3.05) is 20.2 Å². The first kappa shape index (κ1) is 16.5. The Kier molecular flexibility index (Phi) is 5.15. The molecule has 0 aliphatic carbocycles. The van der Waals surface area contributed by atoms with E-state index >= 15 is 0 Å². The van der Waals surface area contributed by atoms with Crippen molar-refractivity contribution >= 4 is 6.09 Å². The number of nitrogens with one attached hydrogen (secondary N) is 1. The number of likely N-dealkylation sites (tertiary alicyclic amines) is 1. The van der Waals surface area contributed by atoms with E-state index in [-0.39, 0.29) is 12.1 Å². The third-order valence-corrected chi connectivity index (χ3v) is 4.54. The van der Waals surface area contributed by atoms with Crippen molar-refractivity contribution in [3.05, 3.63) is 48.5 Å². The molecule has 1 fully saturated rings. The molecule has 2 heterocycles.